The molecule has 1 rings (SSSR count). The van der Waals surface area contributed by atoms with Gasteiger partial charge in [-0.25, -0.2) is 8.42 Å². The van der Waals surface area contributed by atoms with Gasteiger partial charge in [-0.05, 0) is 33.7 Å². The summed E-state index contributed by atoms with van der Waals surface area (Å²) < 4.78 is 24.3. The second kappa shape index (κ2) is 6.27. The predicted octanol–water partition coefficient (Wildman–Crippen LogP) is 1.26. The number of pyridine rings is 1. The van der Waals surface area contributed by atoms with Gasteiger partial charge in [-0.2, -0.15) is 0 Å². The molecule has 0 aliphatic carbocycles. The largest absolute Gasteiger partial charge is 0.330 e. The molecule has 20 heavy (non-hydrogen) atoms. The van der Waals surface area contributed by atoms with E-state index in [1.54, 1.807) is 13.8 Å². The van der Waals surface area contributed by atoms with Gasteiger partial charge >= 0.3 is 0 Å². The monoisotopic (exact) mass is 301 g/mol. The summed E-state index contributed by atoms with van der Waals surface area (Å²) in [4.78, 5) is 14.5. The van der Waals surface area contributed by atoms with E-state index >= 15 is 0 Å². The van der Waals surface area contributed by atoms with Crippen molar-refractivity contribution in [3.05, 3.63) is 33.1 Å². The highest BCUT2D eigenvalue weighted by atomic mass is 32.2. The highest BCUT2D eigenvalue weighted by Crippen LogP contribution is 2.26. The van der Waals surface area contributed by atoms with Crippen LogP contribution in [-0.2, 0) is 15.6 Å². The maximum absolute atomic E-state index is 12.1. The molecule has 1 atom stereocenters. The molecule has 2 N–H and O–H groups in total. The van der Waals surface area contributed by atoms with Gasteiger partial charge in [0.2, 0.25) is 0 Å². The lowest BCUT2D eigenvalue weighted by atomic mass is 10.1. The van der Waals surface area contributed by atoms with E-state index < -0.39 is 20.0 Å². The molecule has 1 aromatic rings. The number of rotatable bonds is 6. The van der Waals surface area contributed by atoms with Crippen LogP contribution in [0.1, 0.15) is 30.2 Å². The number of nitrogens with two attached hydrogens (primary N) is 1. The highest BCUT2D eigenvalue weighted by Gasteiger charge is 2.25. The molecule has 8 heteroatoms. The minimum Gasteiger partial charge on any atom is -0.330 e. The standard InChI is InChI=1S/C12H19N3O4S/c1-8-6-14-11(10(3)12(8)15(16)17)7-20(18,19)9(2)4-5-13/h6,9H,4-5,7,13H2,1-3H3. The average Bonchev–Trinajstić information content (AvgIpc) is 2.32. The molecular formula is C12H19N3O4S. The van der Waals surface area contributed by atoms with Crippen molar-refractivity contribution in [1.82, 2.24) is 4.98 Å². The van der Waals surface area contributed by atoms with Crippen LogP contribution in [0.4, 0.5) is 5.69 Å². The summed E-state index contributed by atoms with van der Waals surface area (Å²) in [5.74, 6) is -0.304. The van der Waals surface area contributed by atoms with Crippen molar-refractivity contribution in [1.29, 1.82) is 0 Å². The molecule has 112 valence electrons. The zero-order chi connectivity index (χ0) is 15.5. The first kappa shape index (κ1) is 16.5. The molecule has 0 bridgehead atoms. The van der Waals surface area contributed by atoms with Crippen molar-refractivity contribution in [2.24, 2.45) is 5.73 Å². The van der Waals surface area contributed by atoms with Gasteiger partial charge in [0, 0.05) is 17.3 Å². The number of aromatic nitrogens is 1. The van der Waals surface area contributed by atoms with Crippen LogP contribution in [0, 0.1) is 24.0 Å². The molecule has 7 nitrogen and oxygen atoms in total. The minimum atomic E-state index is -3.42. The Morgan fingerprint density at radius 1 is 1.45 bits per heavy atom. The lowest BCUT2D eigenvalue weighted by Crippen LogP contribution is -2.23. The molecule has 0 fully saturated rings. The Labute approximate surface area is 118 Å². The third-order valence-electron chi connectivity index (χ3n) is 3.28. The van der Waals surface area contributed by atoms with E-state index in [0.29, 0.717) is 17.5 Å². The second-order valence-electron chi connectivity index (χ2n) is 4.81. The summed E-state index contributed by atoms with van der Waals surface area (Å²) in [5, 5.41) is 10.4. The maximum atomic E-state index is 12.1. The number of nitro groups is 1. The summed E-state index contributed by atoms with van der Waals surface area (Å²) in [7, 11) is -3.42. The van der Waals surface area contributed by atoms with Crippen LogP contribution in [0.3, 0.4) is 0 Å². The molecule has 1 heterocycles. The van der Waals surface area contributed by atoms with E-state index in [1.807, 2.05) is 0 Å². The van der Waals surface area contributed by atoms with Crippen molar-refractivity contribution in [3.63, 3.8) is 0 Å². The van der Waals surface area contributed by atoms with Gasteiger partial charge in [-0.3, -0.25) is 15.1 Å². The van der Waals surface area contributed by atoms with E-state index in [4.69, 9.17) is 5.73 Å². The molecule has 0 amide bonds. The average molecular weight is 301 g/mol. The van der Waals surface area contributed by atoms with Crippen LogP contribution >= 0.6 is 0 Å². The Kier molecular flexibility index (Phi) is 5.18. The summed E-state index contributed by atoms with van der Waals surface area (Å²) in [6.07, 6.45) is 1.69. The van der Waals surface area contributed by atoms with Crippen LogP contribution in [-0.4, -0.2) is 30.1 Å². The first-order valence-electron chi connectivity index (χ1n) is 6.21. The van der Waals surface area contributed by atoms with Crippen LogP contribution in [0.25, 0.3) is 0 Å². The topological polar surface area (TPSA) is 116 Å². The Bertz CT molecular complexity index is 613. The summed E-state index contributed by atoms with van der Waals surface area (Å²) >= 11 is 0. The highest BCUT2D eigenvalue weighted by molar-refractivity contribution is 7.91. The first-order valence-corrected chi connectivity index (χ1v) is 7.93. The zero-order valence-electron chi connectivity index (χ0n) is 11.8. The van der Waals surface area contributed by atoms with Gasteiger partial charge in [0.15, 0.2) is 9.84 Å². The molecule has 0 aromatic carbocycles. The van der Waals surface area contributed by atoms with E-state index in [1.165, 1.54) is 13.1 Å². The molecule has 0 saturated carbocycles. The van der Waals surface area contributed by atoms with Crippen LogP contribution in [0.5, 0.6) is 0 Å². The number of aryl methyl sites for hydroxylation is 1. The molecular weight excluding hydrogens is 282 g/mol. The Morgan fingerprint density at radius 3 is 2.55 bits per heavy atom. The van der Waals surface area contributed by atoms with Crippen LogP contribution < -0.4 is 5.73 Å². The Hall–Kier alpha value is -1.54. The fourth-order valence-corrected chi connectivity index (χ4v) is 3.39. The smallest absolute Gasteiger partial charge is 0.278 e. The van der Waals surface area contributed by atoms with Crippen molar-refractivity contribution >= 4 is 15.5 Å². The number of nitrogens with zero attached hydrogens (tertiary/aromatic N) is 2. The van der Waals surface area contributed by atoms with Crippen molar-refractivity contribution in [3.8, 4) is 0 Å². The SMILES string of the molecule is Cc1cnc(CS(=O)(=O)C(C)CCN)c(C)c1[N+](=O)[O-]. The van der Waals surface area contributed by atoms with Crippen molar-refractivity contribution < 1.29 is 13.3 Å². The molecule has 0 spiro atoms. The van der Waals surface area contributed by atoms with Gasteiger partial charge in [0.1, 0.15) is 0 Å². The maximum Gasteiger partial charge on any atom is 0.278 e. The summed E-state index contributed by atoms with van der Waals surface area (Å²) in [6, 6.07) is 0. The van der Waals surface area contributed by atoms with Gasteiger partial charge in [-0.1, -0.05) is 0 Å². The quantitative estimate of drug-likeness (QED) is 0.624. The fourth-order valence-electron chi connectivity index (χ4n) is 1.94. The van der Waals surface area contributed by atoms with Gasteiger partial charge < -0.3 is 5.73 Å². The molecule has 0 radical (unpaired) electrons. The normalized spacial score (nSPS) is 13.2. The van der Waals surface area contributed by atoms with Gasteiger partial charge in [0.25, 0.3) is 5.69 Å². The zero-order valence-corrected chi connectivity index (χ0v) is 12.6. The summed E-state index contributed by atoms with van der Waals surface area (Å²) in [6.45, 7) is 4.96. The van der Waals surface area contributed by atoms with E-state index in [2.05, 4.69) is 4.98 Å². The summed E-state index contributed by atoms with van der Waals surface area (Å²) in [5.41, 5.74) is 6.24. The van der Waals surface area contributed by atoms with E-state index in [9.17, 15) is 18.5 Å². The third-order valence-corrected chi connectivity index (χ3v) is 5.42. The molecule has 1 aromatic heterocycles. The predicted molar refractivity (Wildman–Crippen MR) is 76.1 cm³/mol. The number of hydrogen-bond acceptors (Lipinski definition) is 6. The van der Waals surface area contributed by atoms with E-state index in [0.717, 1.165) is 0 Å². The Balaban J connectivity index is 3.17. The van der Waals surface area contributed by atoms with Crippen LogP contribution in [0.15, 0.2) is 6.20 Å². The first-order chi connectivity index (χ1) is 9.20. The molecule has 0 aliphatic heterocycles. The lowest BCUT2D eigenvalue weighted by molar-refractivity contribution is -0.386. The van der Waals surface area contributed by atoms with E-state index in [-0.39, 0.29) is 23.7 Å². The van der Waals surface area contributed by atoms with Gasteiger partial charge in [0.05, 0.1) is 21.6 Å². The minimum absolute atomic E-state index is 0.0725. The second-order valence-corrected chi connectivity index (χ2v) is 7.23. The Morgan fingerprint density at radius 2 is 2.05 bits per heavy atom. The van der Waals surface area contributed by atoms with Crippen LogP contribution in [0.2, 0.25) is 0 Å². The van der Waals surface area contributed by atoms with Crippen molar-refractivity contribution in [2.45, 2.75) is 38.2 Å². The molecule has 0 saturated heterocycles. The number of hydrogen-bond donors (Lipinski definition) is 1. The third kappa shape index (κ3) is 3.51. The molecule has 0 aliphatic rings. The van der Waals surface area contributed by atoms with Crippen molar-refractivity contribution in [2.75, 3.05) is 6.54 Å². The number of sulfone groups is 1. The molecule has 1 unspecified atom stereocenters. The van der Waals surface area contributed by atoms with Gasteiger partial charge in [-0.15, -0.1) is 0 Å². The fraction of sp³-hybridized carbons (Fsp3) is 0.583. The lowest BCUT2D eigenvalue weighted by Gasteiger charge is -2.13.